The molecule has 2 saturated heterocycles. The first kappa shape index (κ1) is 17.7. The number of nitrogens with one attached hydrogen (secondary N) is 2. The molecule has 2 fully saturated rings. The van der Waals surface area contributed by atoms with E-state index < -0.39 is 0 Å². The molecule has 0 aromatic heterocycles. The van der Waals surface area contributed by atoms with E-state index in [0.717, 1.165) is 50.6 Å². The number of rotatable bonds is 4. The number of hydrogen-bond donors (Lipinski definition) is 2. The van der Waals surface area contributed by atoms with Gasteiger partial charge in [0.25, 0.3) is 0 Å². The summed E-state index contributed by atoms with van der Waals surface area (Å²) < 4.78 is 0. The number of nitrogens with zero attached hydrogens (tertiary/aromatic N) is 1. The van der Waals surface area contributed by atoms with E-state index in [1.807, 2.05) is 24.3 Å². The summed E-state index contributed by atoms with van der Waals surface area (Å²) in [6, 6.07) is 8.06. The molecule has 0 bridgehead atoms. The van der Waals surface area contributed by atoms with Crippen LogP contribution in [0.15, 0.2) is 36.4 Å². The van der Waals surface area contributed by atoms with Crippen LogP contribution in [0.1, 0.15) is 18.4 Å². The molecular weight excluding hydrogens is 350 g/mol. The normalized spacial score (nSPS) is 31.3. The third-order valence-corrected chi connectivity index (χ3v) is 6.26. The number of carbonyl (C=O) groups excluding carboxylic acids is 2. The first-order chi connectivity index (χ1) is 12.6. The lowest BCUT2D eigenvalue weighted by atomic mass is 9.85. The third-order valence-electron chi connectivity index (χ3n) is 6.01. The summed E-state index contributed by atoms with van der Waals surface area (Å²) >= 11 is 5.95. The minimum Gasteiger partial charge on any atom is -0.322 e. The average Bonchev–Trinajstić information content (AvgIpc) is 2.90. The van der Waals surface area contributed by atoms with Gasteiger partial charge in [0.15, 0.2) is 6.67 Å². The molecule has 0 unspecified atom stereocenters. The number of benzene rings is 1. The molecule has 3 aliphatic rings. The molecule has 26 heavy (non-hydrogen) atoms. The van der Waals surface area contributed by atoms with Crippen LogP contribution in [-0.2, 0) is 16.1 Å². The maximum absolute atomic E-state index is 12.6. The van der Waals surface area contributed by atoms with E-state index in [-0.39, 0.29) is 23.7 Å². The Morgan fingerprint density at radius 3 is 2.00 bits per heavy atom. The predicted molar refractivity (Wildman–Crippen MR) is 98.6 cm³/mol. The van der Waals surface area contributed by atoms with Crippen molar-refractivity contribution in [3.8, 4) is 0 Å². The molecule has 2 atom stereocenters. The van der Waals surface area contributed by atoms with Gasteiger partial charge < -0.3 is 9.80 Å². The van der Waals surface area contributed by atoms with Gasteiger partial charge >= 0.3 is 0 Å². The zero-order chi connectivity index (χ0) is 18.1. The summed E-state index contributed by atoms with van der Waals surface area (Å²) in [5, 5.41) is 0.772. The molecule has 2 amide bonds. The molecule has 2 N–H and O–H groups in total. The predicted octanol–water partition coefficient (Wildman–Crippen LogP) is -0.468. The number of halogens is 1. The van der Waals surface area contributed by atoms with E-state index in [0.29, 0.717) is 6.67 Å². The summed E-state index contributed by atoms with van der Waals surface area (Å²) in [7, 11) is 0. The van der Waals surface area contributed by atoms with Gasteiger partial charge in [-0.1, -0.05) is 35.9 Å². The second-order valence-electron chi connectivity index (χ2n) is 7.72. The molecule has 1 aromatic carbocycles. The van der Waals surface area contributed by atoms with Crippen LogP contribution >= 0.6 is 11.6 Å². The number of piperazine rings is 1. The zero-order valence-electron chi connectivity index (χ0n) is 14.9. The summed E-state index contributed by atoms with van der Waals surface area (Å²) in [5.74, 6) is -0.118. The Labute approximate surface area is 159 Å². The smallest absolute Gasteiger partial charge is 0.237 e. The lowest BCUT2D eigenvalue weighted by Gasteiger charge is -2.31. The van der Waals surface area contributed by atoms with Gasteiger partial charge in [-0.15, -0.1) is 0 Å². The van der Waals surface area contributed by atoms with E-state index in [4.69, 9.17) is 11.6 Å². The van der Waals surface area contributed by atoms with Crippen LogP contribution < -0.4 is 9.80 Å². The lowest BCUT2D eigenvalue weighted by Crippen LogP contribution is -3.28. The number of imide groups is 1. The van der Waals surface area contributed by atoms with Crippen molar-refractivity contribution in [1.82, 2.24) is 4.90 Å². The first-order valence-electron chi connectivity index (χ1n) is 9.53. The Bertz CT molecular complexity index is 684. The molecule has 138 valence electrons. The van der Waals surface area contributed by atoms with Crippen molar-refractivity contribution >= 4 is 23.4 Å². The molecule has 5 nitrogen and oxygen atoms in total. The molecule has 1 aliphatic carbocycles. The summed E-state index contributed by atoms with van der Waals surface area (Å²) in [6.07, 6.45) is 5.53. The number of hydrogen-bond acceptors (Lipinski definition) is 2. The number of quaternary nitrogens is 2. The van der Waals surface area contributed by atoms with Crippen molar-refractivity contribution in [3.05, 3.63) is 47.0 Å². The second-order valence-corrected chi connectivity index (χ2v) is 8.16. The van der Waals surface area contributed by atoms with Crippen LogP contribution in [0.2, 0.25) is 5.02 Å². The average molecular weight is 376 g/mol. The maximum atomic E-state index is 12.6. The van der Waals surface area contributed by atoms with E-state index in [2.05, 4.69) is 12.1 Å². The highest BCUT2D eigenvalue weighted by molar-refractivity contribution is 6.30. The lowest BCUT2D eigenvalue weighted by molar-refractivity contribution is -1.02. The Morgan fingerprint density at radius 1 is 0.885 bits per heavy atom. The molecule has 0 spiro atoms. The highest BCUT2D eigenvalue weighted by atomic mass is 35.5. The van der Waals surface area contributed by atoms with Gasteiger partial charge in [-0.3, -0.25) is 9.59 Å². The van der Waals surface area contributed by atoms with Gasteiger partial charge in [-0.2, -0.15) is 0 Å². The Morgan fingerprint density at radius 2 is 1.42 bits per heavy atom. The van der Waals surface area contributed by atoms with E-state index in [9.17, 15) is 9.59 Å². The molecule has 2 aliphatic heterocycles. The molecule has 4 rings (SSSR count). The molecule has 0 saturated carbocycles. The molecule has 2 heterocycles. The quantitative estimate of drug-likeness (QED) is 0.552. The highest BCUT2D eigenvalue weighted by Gasteiger charge is 2.48. The summed E-state index contributed by atoms with van der Waals surface area (Å²) in [5.41, 5.74) is 1.30. The van der Waals surface area contributed by atoms with Gasteiger partial charge in [0, 0.05) is 10.6 Å². The van der Waals surface area contributed by atoms with Gasteiger partial charge in [0.1, 0.15) is 32.7 Å². The molecule has 0 radical (unpaired) electrons. The van der Waals surface area contributed by atoms with Gasteiger partial charge in [0.2, 0.25) is 11.8 Å². The first-order valence-corrected chi connectivity index (χ1v) is 9.91. The maximum Gasteiger partial charge on any atom is 0.237 e. The zero-order valence-corrected chi connectivity index (χ0v) is 15.7. The van der Waals surface area contributed by atoms with Crippen LogP contribution in [0.5, 0.6) is 0 Å². The fourth-order valence-corrected chi connectivity index (χ4v) is 4.56. The van der Waals surface area contributed by atoms with E-state index >= 15 is 0 Å². The van der Waals surface area contributed by atoms with E-state index in [1.165, 1.54) is 10.5 Å². The van der Waals surface area contributed by atoms with Crippen LogP contribution in [0.4, 0.5) is 0 Å². The number of fused-ring (bicyclic) bond motifs is 1. The van der Waals surface area contributed by atoms with Crippen molar-refractivity contribution < 1.29 is 19.4 Å². The number of carbonyl (C=O) groups is 2. The van der Waals surface area contributed by atoms with Crippen LogP contribution in [-0.4, -0.2) is 49.6 Å². The fraction of sp³-hybridized carbons (Fsp3) is 0.500. The molecular formula is C20H26ClN3O2+2. The Kier molecular flexibility index (Phi) is 5.11. The minimum absolute atomic E-state index is 0.0489. The second kappa shape index (κ2) is 7.51. The summed E-state index contributed by atoms with van der Waals surface area (Å²) in [6.45, 7) is 5.65. The van der Waals surface area contributed by atoms with Crippen LogP contribution in [0.3, 0.4) is 0 Å². The van der Waals surface area contributed by atoms with Gasteiger partial charge in [-0.25, -0.2) is 4.90 Å². The van der Waals surface area contributed by atoms with Crippen molar-refractivity contribution in [3.63, 3.8) is 0 Å². The Hall–Kier alpha value is -1.69. The SMILES string of the molecule is O=C1[C@H]2CC=CC[C@@H]2C(=O)N1C[NH+]1CC[NH+](Cc2ccc(Cl)cc2)CC1. The monoisotopic (exact) mass is 375 g/mol. The Balaban J connectivity index is 1.29. The molecule has 1 aromatic rings. The van der Waals surface area contributed by atoms with Crippen molar-refractivity contribution in [2.24, 2.45) is 11.8 Å². The largest absolute Gasteiger partial charge is 0.322 e. The van der Waals surface area contributed by atoms with Crippen LogP contribution in [0, 0.1) is 11.8 Å². The molecule has 6 heteroatoms. The third kappa shape index (κ3) is 3.56. The van der Waals surface area contributed by atoms with Gasteiger partial charge in [-0.05, 0) is 25.0 Å². The number of likely N-dealkylation sites (tertiary alicyclic amines) is 1. The topological polar surface area (TPSA) is 46.3 Å². The van der Waals surface area contributed by atoms with E-state index in [1.54, 1.807) is 9.80 Å². The summed E-state index contributed by atoms with van der Waals surface area (Å²) in [4.78, 5) is 29.6. The van der Waals surface area contributed by atoms with Crippen molar-refractivity contribution in [2.75, 3.05) is 32.8 Å². The number of amides is 2. The number of allylic oxidation sites excluding steroid dienone is 2. The standard InChI is InChI=1S/C20H24ClN3O2/c21-16-7-5-15(6-8-16)13-22-9-11-23(12-10-22)14-24-19(25)17-3-1-2-4-18(17)20(24)26/h1-2,5-8,17-18H,3-4,9-14H2/p+2/t17-,18-/m0/s1. The van der Waals surface area contributed by atoms with Crippen LogP contribution in [0.25, 0.3) is 0 Å². The van der Waals surface area contributed by atoms with Crippen molar-refractivity contribution in [2.45, 2.75) is 19.4 Å². The van der Waals surface area contributed by atoms with Gasteiger partial charge in [0.05, 0.1) is 11.8 Å². The fourth-order valence-electron chi connectivity index (χ4n) is 4.43. The highest BCUT2D eigenvalue weighted by Crippen LogP contribution is 2.34. The van der Waals surface area contributed by atoms with Crippen molar-refractivity contribution in [1.29, 1.82) is 0 Å². The minimum atomic E-state index is -0.108.